The minimum absolute atomic E-state index is 0.247. The van der Waals surface area contributed by atoms with Gasteiger partial charge in [-0.2, -0.15) is 5.10 Å². The van der Waals surface area contributed by atoms with Gasteiger partial charge in [0.25, 0.3) is 0 Å². The largest absolute Gasteiger partial charge is 0.373 e. The summed E-state index contributed by atoms with van der Waals surface area (Å²) in [7, 11) is -1.79. The zero-order valence-corrected chi connectivity index (χ0v) is 21.7. The predicted octanol–water partition coefficient (Wildman–Crippen LogP) is 5.50. The molecule has 0 radical (unpaired) electrons. The molecule has 0 aliphatic carbocycles. The summed E-state index contributed by atoms with van der Waals surface area (Å²) < 4.78 is 28.6. The first-order valence-electron chi connectivity index (χ1n) is 11.9. The van der Waals surface area contributed by atoms with Crippen LogP contribution in [0.15, 0.2) is 64.9 Å². The number of unbranched alkanes of at least 4 members (excludes halogenated alkanes) is 2. The zero-order chi connectivity index (χ0) is 24.7. The van der Waals surface area contributed by atoms with Crippen molar-refractivity contribution in [2.45, 2.75) is 43.9 Å². The zero-order valence-electron chi connectivity index (χ0n) is 20.0. The number of aryl methyl sites for hydroxylation is 1. The number of nitrogens with zero attached hydrogens (tertiary/aromatic N) is 2. The van der Waals surface area contributed by atoms with Crippen molar-refractivity contribution in [2.24, 2.45) is 0 Å². The number of thiophene rings is 1. The molecule has 1 aromatic carbocycles. The van der Waals surface area contributed by atoms with E-state index < -0.39 is 10.0 Å². The minimum atomic E-state index is -3.61. The summed E-state index contributed by atoms with van der Waals surface area (Å²) in [6.45, 7) is 2.42. The molecule has 0 aliphatic rings. The summed E-state index contributed by atoms with van der Waals surface area (Å²) in [4.78, 5) is 5.94. The molecular weight excluding hydrogens is 478 g/mol. The smallest absolute Gasteiger partial charge is 0.240 e. The van der Waals surface area contributed by atoms with E-state index in [4.69, 9.17) is 0 Å². The first-order valence-corrected chi connectivity index (χ1v) is 14.2. The molecule has 0 spiro atoms. The third kappa shape index (κ3) is 6.17. The number of hydrogen-bond acceptors (Lipinski definition) is 6. The molecule has 184 valence electrons. The standard InChI is InChI=1S/C26H31N5O2S2/c1-3-4-5-8-19-12-14-20(15-13-19)35(32,33)28-17-16-21-25(22-9-6-11-24(27-2)29-22)30-31-26(21)23-10-7-18-34-23/h6-7,9-15,18,28H,3-5,8,16-17H2,1-2H3,(H,27,29)(H,30,31). The van der Waals surface area contributed by atoms with E-state index in [0.717, 1.165) is 51.7 Å². The molecular formula is C26H31N5O2S2. The van der Waals surface area contributed by atoms with Crippen LogP contribution in [0, 0.1) is 0 Å². The summed E-state index contributed by atoms with van der Waals surface area (Å²) in [5.41, 5.74) is 4.46. The van der Waals surface area contributed by atoms with Gasteiger partial charge < -0.3 is 5.32 Å². The molecule has 0 amide bonds. The van der Waals surface area contributed by atoms with Crippen LogP contribution in [0.4, 0.5) is 5.82 Å². The Morgan fingerprint density at radius 1 is 1.00 bits per heavy atom. The Labute approximate surface area is 211 Å². The van der Waals surface area contributed by atoms with Gasteiger partial charge in [0.2, 0.25) is 10.0 Å². The molecule has 0 unspecified atom stereocenters. The Balaban J connectivity index is 1.51. The van der Waals surface area contributed by atoms with Crippen LogP contribution < -0.4 is 10.0 Å². The van der Waals surface area contributed by atoms with E-state index >= 15 is 0 Å². The maximum absolute atomic E-state index is 12.9. The van der Waals surface area contributed by atoms with E-state index in [1.165, 1.54) is 12.8 Å². The van der Waals surface area contributed by atoms with E-state index in [2.05, 4.69) is 32.1 Å². The van der Waals surface area contributed by atoms with Crippen molar-refractivity contribution in [3.63, 3.8) is 0 Å². The van der Waals surface area contributed by atoms with Gasteiger partial charge in [0.05, 0.1) is 21.2 Å². The predicted molar refractivity (Wildman–Crippen MR) is 143 cm³/mol. The molecule has 0 bridgehead atoms. The van der Waals surface area contributed by atoms with Crippen molar-refractivity contribution in [3.05, 3.63) is 71.1 Å². The second kappa shape index (κ2) is 11.6. The number of aromatic amines is 1. The lowest BCUT2D eigenvalue weighted by Crippen LogP contribution is -2.26. The molecule has 35 heavy (non-hydrogen) atoms. The lowest BCUT2D eigenvalue weighted by Gasteiger charge is -2.10. The van der Waals surface area contributed by atoms with E-state index in [0.29, 0.717) is 6.42 Å². The Morgan fingerprint density at radius 2 is 1.83 bits per heavy atom. The van der Waals surface area contributed by atoms with E-state index in [1.54, 1.807) is 23.5 Å². The topological polar surface area (TPSA) is 99.8 Å². The van der Waals surface area contributed by atoms with Crippen molar-refractivity contribution in [3.8, 4) is 22.0 Å². The summed E-state index contributed by atoms with van der Waals surface area (Å²) in [5.74, 6) is 0.750. The van der Waals surface area contributed by atoms with Gasteiger partial charge in [-0.05, 0) is 60.5 Å². The molecule has 0 fully saturated rings. The number of rotatable bonds is 12. The van der Waals surface area contributed by atoms with E-state index in [-0.39, 0.29) is 11.4 Å². The Bertz CT molecular complexity index is 1330. The van der Waals surface area contributed by atoms with Crippen molar-refractivity contribution < 1.29 is 8.42 Å². The number of benzene rings is 1. The maximum Gasteiger partial charge on any atom is 0.240 e. The number of aromatic nitrogens is 3. The van der Waals surface area contributed by atoms with Crippen molar-refractivity contribution in [2.75, 3.05) is 18.9 Å². The fourth-order valence-corrected chi connectivity index (χ4v) is 5.73. The number of pyridine rings is 1. The molecule has 3 aromatic heterocycles. The number of nitrogens with one attached hydrogen (secondary N) is 3. The van der Waals surface area contributed by atoms with Crippen molar-refractivity contribution in [1.29, 1.82) is 0 Å². The average Bonchev–Trinajstić information content (AvgIpc) is 3.55. The molecule has 0 aliphatic heterocycles. The Morgan fingerprint density at radius 3 is 2.54 bits per heavy atom. The Kier molecular flexibility index (Phi) is 8.33. The highest BCUT2D eigenvalue weighted by molar-refractivity contribution is 7.89. The number of H-pyrrole nitrogens is 1. The molecule has 3 heterocycles. The lowest BCUT2D eigenvalue weighted by molar-refractivity contribution is 0.581. The molecule has 3 N–H and O–H groups in total. The summed E-state index contributed by atoms with van der Waals surface area (Å²) in [6.07, 6.45) is 4.91. The summed E-state index contributed by atoms with van der Waals surface area (Å²) in [5, 5.41) is 12.7. The number of hydrogen-bond donors (Lipinski definition) is 3. The average molecular weight is 510 g/mol. The van der Waals surface area contributed by atoms with Gasteiger partial charge in [-0.1, -0.05) is 44.0 Å². The molecule has 0 saturated heterocycles. The maximum atomic E-state index is 12.9. The van der Waals surface area contributed by atoms with Crippen LogP contribution in [0.5, 0.6) is 0 Å². The summed E-state index contributed by atoms with van der Waals surface area (Å²) >= 11 is 1.60. The third-order valence-corrected chi connectivity index (χ3v) is 8.21. The van der Waals surface area contributed by atoms with Crippen molar-refractivity contribution in [1.82, 2.24) is 19.9 Å². The normalized spacial score (nSPS) is 11.6. The van der Waals surface area contributed by atoms with Gasteiger partial charge in [0.15, 0.2) is 0 Å². The number of sulfonamides is 1. The molecule has 0 saturated carbocycles. The highest BCUT2D eigenvalue weighted by Gasteiger charge is 2.20. The van der Waals surface area contributed by atoms with Gasteiger partial charge in [-0.25, -0.2) is 18.1 Å². The highest BCUT2D eigenvalue weighted by atomic mass is 32.2. The van der Waals surface area contributed by atoms with Gasteiger partial charge in [-0.3, -0.25) is 5.10 Å². The van der Waals surface area contributed by atoms with Crippen LogP contribution in [0.25, 0.3) is 22.0 Å². The Hall–Kier alpha value is -3.01. The molecule has 7 nitrogen and oxygen atoms in total. The number of anilines is 1. The van der Waals surface area contributed by atoms with Crippen LogP contribution in [-0.4, -0.2) is 37.2 Å². The first kappa shape index (κ1) is 25.1. The van der Waals surface area contributed by atoms with Crippen LogP contribution in [0.2, 0.25) is 0 Å². The van der Waals surface area contributed by atoms with Crippen molar-refractivity contribution >= 4 is 27.2 Å². The molecule has 4 aromatic rings. The van der Waals surface area contributed by atoms with Crippen LogP contribution in [0.1, 0.15) is 37.3 Å². The van der Waals surface area contributed by atoms with E-state index in [1.807, 2.05) is 54.9 Å². The monoisotopic (exact) mass is 509 g/mol. The fraction of sp³-hybridized carbons (Fsp3) is 0.308. The van der Waals surface area contributed by atoms with E-state index in [9.17, 15) is 8.42 Å². The highest BCUT2D eigenvalue weighted by Crippen LogP contribution is 2.32. The van der Waals surface area contributed by atoms with Gasteiger partial charge in [0, 0.05) is 19.2 Å². The second-order valence-corrected chi connectivity index (χ2v) is 11.0. The lowest BCUT2D eigenvalue weighted by atomic mass is 10.1. The first-order chi connectivity index (χ1) is 17.0. The quantitative estimate of drug-likeness (QED) is 0.219. The van der Waals surface area contributed by atoms with Crippen LogP contribution >= 0.6 is 11.3 Å². The van der Waals surface area contributed by atoms with Gasteiger partial charge in [-0.15, -0.1) is 11.3 Å². The summed E-state index contributed by atoms with van der Waals surface area (Å²) in [6, 6.07) is 16.9. The van der Waals surface area contributed by atoms with Gasteiger partial charge >= 0.3 is 0 Å². The van der Waals surface area contributed by atoms with Crippen LogP contribution in [0.3, 0.4) is 0 Å². The minimum Gasteiger partial charge on any atom is -0.373 e. The second-order valence-electron chi connectivity index (χ2n) is 8.31. The van der Waals surface area contributed by atoms with Gasteiger partial charge in [0.1, 0.15) is 11.5 Å². The molecule has 0 atom stereocenters. The SMILES string of the molecule is CCCCCc1ccc(S(=O)(=O)NCCc2c(-c3cccs3)n[nH]c2-c2cccc(NC)n2)cc1. The van der Waals surface area contributed by atoms with Crippen LogP contribution in [-0.2, 0) is 22.9 Å². The fourth-order valence-electron chi connectivity index (χ4n) is 3.96. The molecule has 9 heteroatoms. The molecule has 4 rings (SSSR count). The third-order valence-electron chi connectivity index (χ3n) is 5.85.